The van der Waals surface area contributed by atoms with Crippen molar-refractivity contribution in [1.29, 1.82) is 0 Å². The van der Waals surface area contributed by atoms with Gasteiger partial charge in [-0.15, -0.1) is 0 Å². The summed E-state index contributed by atoms with van der Waals surface area (Å²) in [6, 6.07) is 11.1. The van der Waals surface area contributed by atoms with Crippen LogP contribution in [0.1, 0.15) is 22.3 Å². The molecule has 20 heavy (non-hydrogen) atoms. The SMILES string of the molecule is Cc1ccc(C)c(OCc2cccc([N+](=O)[O-])c2C)c1. The number of hydrogen-bond donors (Lipinski definition) is 0. The van der Waals surface area contributed by atoms with Crippen LogP contribution in [0.5, 0.6) is 5.75 Å². The first-order chi connectivity index (χ1) is 9.49. The van der Waals surface area contributed by atoms with E-state index < -0.39 is 0 Å². The van der Waals surface area contributed by atoms with Crippen molar-refractivity contribution < 1.29 is 9.66 Å². The highest BCUT2D eigenvalue weighted by atomic mass is 16.6. The average Bonchev–Trinajstić information content (AvgIpc) is 2.41. The second kappa shape index (κ2) is 5.74. The predicted molar refractivity (Wildman–Crippen MR) is 78.1 cm³/mol. The smallest absolute Gasteiger partial charge is 0.272 e. The first kappa shape index (κ1) is 14.1. The monoisotopic (exact) mass is 271 g/mol. The minimum atomic E-state index is -0.364. The molecule has 104 valence electrons. The zero-order valence-corrected chi connectivity index (χ0v) is 11.8. The van der Waals surface area contributed by atoms with E-state index in [9.17, 15) is 10.1 Å². The number of nitrogens with zero attached hydrogens (tertiary/aromatic N) is 1. The molecule has 0 unspecified atom stereocenters. The minimum absolute atomic E-state index is 0.132. The molecule has 4 heteroatoms. The third kappa shape index (κ3) is 2.96. The maximum absolute atomic E-state index is 10.9. The van der Waals surface area contributed by atoms with Gasteiger partial charge >= 0.3 is 0 Å². The van der Waals surface area contributed by atoms with Gasteiger partial charge in [0.15, 0.2) is 0 Å². The van der Waals surface area contributed by atoms with Crippen LogP contribution in [-0.2, 0) is 6.61 Å². The lowest BCUT2D eigenvalue weighted by Crippen LogP contribution is -2.02. The lowest BCUT2D eigenvalue weighted by atomic mass is 10.1. The van der Waals surface area contributed by atoms with E-state index in [1.54, 1.807) is 13.0 Å². The largest absolute Gasteiger partial charge is 0.489 e. The third-order valence-corrected chi connectivity index (χ3v) is 3.34. The van der Waals surface area contributed by atoms with Crippen LogP contribution in [-0.4, -0.2) is 4.92 Å². The Hall–Kier alpha value is -2.36. The number of aryl methyl sites for hydroxylation is 2. The number of ether oxygens (including phenoxy) is 1. The second-order valence-corrected chi connectivity index (χ2v) is 4.88. The molecule has 0 atom stereocenters. The second-order valence-electron chi connectivity index (χ2n) is 4.88. The summed E-state index contributed by atoms with van der Waals surface area (Å²) in [5, 5.41) is 10.9. The van der Waals surface area contributed by atoms with Crippen LogP contribution in [0.2, 0.25) is 0 Å². The number of nitro benzene ring substituents is 1. The van der Waals surface area contributed by atoms with Crippen molar-refractivity contribution in [3.63, 3.8) is 0 Å². The van der Waals surface area contributed by atoms with Crippen LogP contribution in [0.4, 0.5) is 5.69 Å². The van der Waals surface area contributed by atoms with E-state index in [1.165, 1.54) is 6.07 Å². The Morgan fingerprint density at radius 2 is 1.90 bits per heavy atom. The van der Waals surface area contributed by atoms with Gasteiger partial charge in [-0.2, -0.15) is 0 Å². The summed E-state index contributed by atoms with van der Waals surface area (Å²) in [7, 11) is 0. The molecule has 0 amide bonds. The molecule has 2 rings (SSSR count). The number of nitro groups is 1. The number of hydrogen-bond acceptors (Lipinski definition) is 3. The quantitative estimate of drug-likeness (QED) is 0.621. The molecule has 0 saturated heterocycles. The fourth-order valence-corrected chi connectivity index (χ4v) is 2.04. The highest BCUT2D eigenvalue weighted by molar-refractivity contribution is 5.44. The highest BCUT2D eigenvalue weighted by Crippen LogP contribution is 2.24. The van der Waals surface area contributed by atoms with Gasteiger partial charge in [0.05, 0.1) is 4.92 Å². The van der Waals surface area contributed by atoms with E-state index in [0.717, 1.165) is 22.4 Å². The maximum atomic E-state index is 10.9. The molecule has 0 bridgehead atoms. The van der Waals surface area contributed by atoms with E-state index in [0.29, 0.717) is 12.2 Å². The van der Waals surface area contributed by atoms with Gasteiger partial charge in [0, 0.05) is 11.6 Å². The third-order valence-electron chi connectivity index (χ3n) is 3.34. The van der Waals surface area contributed by atoms with E-state index in [2.05, 4.69) is 0 Å². The van der Waals surface area contributed by atoms with Crippen LogP contribution in [0, 0.1) is 30.9 Å². The molecule has 0 radical (unpaired) electrons. The standard InChI is InChI=1S/C16H17NO3/c1-11-7-8-12(2)16(9-11)20-10-14-5-4-6-15(13(14)3)17(18)19/h4-9H,10H2,1-3H3. The van der Waals surface area contributed by atoms with Gasteiger partial charge in [-0.3, -0.25) is 10.1 Å². The van der Waals surface area contributed by atoms with E-state index >= 15 is 0 Å². The van der Waals surface area contributed by atoms with Crippen molar-refractivity contribution in [2.24, 2.45) is 0 Å². The average molecular weight is 271 g/mol. The Balaban J connectivity index is 2.21. The van der Waals surface area contributed by atoms with Gasteiger partial charge in [0.2, 0.25) is 0 Å². The lowest BCUT2D eigenvalue weighted by Gasteiger charge is -2.11. The topological polar surface area (TPSA) is 52.4 Å². The molecule has 2 aromatic carbocycles. The van der Waals surface area contributed by atoms with Crippen molar-refractivity contribution in [2.45, 2.75) is 27.4 Å². The van der Waals surface area contributed by atoms with E-state index in [4.69, 9.17) is 4.74 Å². The molecule has 0 heterocycles. The molecule has 0 fully saturated rings. The van der Waals surface area contributed by atoms with Crippen molar-refractivity contribution >= 4 is 5.69 Å². The molecule has 0 aliphatic heterocycles. The maximum Gasteiger partial charge on any atom is 0.272 e. The Kier molecular flexibility index (Phi) is 4.03. The first-order valence-electron chi connectivity index (χ1n) is 6.42. The van der Waals surface area contributed by atoms with Crippen LogP contribution in [0.15, 0.2) is 36.4 Å². The zero-order valence-electron chi connectivity index (χ0n) is 11.8. The van der Waals surface area contributed by atoms with Crippen LogP contribution in [0.25, 0.3) is 0 Å². The molecule has 2 aromatic rings. The lowest BCUT2D eigenvalue weighted by molar-refractivity contribution is -0.385. The van der Waals surface area contributed by atoms with Crippen LogP contribution < -0.4 is 4.74 Å². The van der Waals surface area contributed by atoms with Crippen molar-refractivity contribution in [3.8, 4) is 5.75 Å². The number of benzene rings is 2. The normalized spacial score (nSPS) is 10.3. The van der Waals surface area contributed by atoms with E-state index in [-0.39, 0.29) is 10.6 Å². The molecule has 0 spiro atoms. The summed E-state index contributed by atoms with van der Waals surface area (Å²) in [6.07, 6.45) is 0. The first-order valence-corrected chi connectivity index (χ1v) is 6.42. The summed E-state index contributed by atoms with van der Waals surface area (Å²) in [5.41, 5.74) is 3.80. The van der Waals surface area contributed by atoms with Crippen LogP contribution in [0.3, 0.4) is 0 Å². The summed E-state index contributed by atoms with van der Waals surface area (Å²) < 4.78 is 5.80. The van der Waals surface area contributed by atoms with Gasteiger partial charge in [-0.05, 0) is 43.5 Å². The summed E-state index contributed by atoms with van der Waals surface area (Å²) >= 11 is 0. The predicted octanol–water partition coefficient (Wildman–Crippen LogP) is 4.10. The van der Waals surface area contributed by atoms with Gasteiger partial charge in [-0.25, -0.2) is 0 Å². The van der Waals surface area contributed by atoms with Crippen molar-refractivity contribution in [3.05, 3.63) is 68.8 Å². The minimum Gasteiger partial charge on any atom is -0.489 e. The fourth-order valence-electron chi connectivity index (χ4n) is 2.04. The molecular formula is C16H17NO3. The highest BCUT2D eigenvalue weighted by Gasteiger charge is 2.13. The Bertz CT molecular complexity index is 650. The molecule has 0 aliphatic rings. The van der Waals surface area contributed by atoms with Gasteiger partial charge in [0.1, 0.15) is 12.4 Å². The molecule has 0 N–H and O–H groups in total. The fraction of sp³-hybridized carbons (Fsp3) is 0.250. The summed E-state index contributed by atoms with van der Waals surface area (Å²) in [4.78, 5) is 10.5. The van der Waals surface area contributed by atoms with Gasteiger partial charge in [0.25, 0.3) is 5.69 Å². The molecule has 0 aromatic heterocycles. The Morgan fingerprint density at radius 3 is 2.60 bits per heavy atom. The van der Waals surface area contributed by atoms with Crippen molar-refractivity contribution in [1.82, 2.24) is 0 Å². The summed E-state index contributed by atoms with van der Waals surface area (Å²) in [5.74, 6) is 0.816. The summed E-state index contributed by atoms with van der Waals surface area (Å²) in [6.45, 7) is 6.07. The molecule has 0 aliphatic carbocycles. The molecule has 0 saturated carbocycles. The van der Waals surface area contributed by atoms with Crippen LogP contribution >= 0.6 is 0 Å². The molecular weight excluding hydrogens is 254 g/mol. The molecule has 4 nitrogen and oxygen atoms in total. The zero-order chi connectivity index (χ0) is 14.7. The van der Waals surface area contributed by atoms with Gasteiger partial charge < -0.3 is 4.74 Å². The van der Waals surface area contributed by atoms with Crippen molar-refractivity contribution in [2.75, 3.05) is 0 Å². The van der Waals surface area contributed by atoms with Gasteiger partial charge in [-0.1, -0.05) is 24.3 Å². The Morgan fingerprint density at radius 1 is 1.15 bits per heavy atom. The number of rotatable bonds is 4. The van der Waals surface area contributed by atoms with E-state index in [1.807, 2.05) is 38.1 Å². The Labute approximate surface area is 118 Å².